The molecule has 3 aliphatic rings. The second-order valence-electron chi connectivity index (χ2n) is 15.8. The van der Waals surface area contributed by atoms with E-state index in [0.717, 1.165) is 0 Å². The van der Waals surface area contributed by atoms with Gasteiger partial charge >= 0.3 is 0 Å². The third-order valence-electron chi connectivity index (χ3n) is 11.3. The fourth-order valence-electron chi connectivity index (χ4n) is 7.62. The number of aliphatic hydroxyl groups excluding tert-OH is 1. The fourth-order valence-corrected chi connectivity index (χ4v) is 7.62. The highest BCUT2D eigenvalue weighted by molar-refractivity contribution is 5.99. The number of carbonyl (C=O) groups excluding carboxylic acids is 7. The molecule has 0 aromatic heterocycles. The van der Waals surface area contributed by atoms with Crippen LogP contribution in [0.1, 0.15) is 92.1 Å². The molecule has 3 aliphatic heterocycles. The highest BCUT2D eigenvalue weighted by Gasteiger charge is 2.44. The lowest BCUT2D eigenvalue weighted by Gasteiger charge is -2.34. The van der Waals surface area contributed by atoms with Crippen molar-refractivity contribution in [2.24, 2.45) is 17.8 Å². The minimum atomic E-state index is -1.46. The number of carbonyl (C=O) groups is 7. The number of rotatable bonds is 9. The molecule has 1 aromatic rings. The Hall–Kier alpha value is -4.53. The lowest BCUT2D eigenvalue weighted by molar-refractivity contribution is -0.145. The lowest BCUT2D eigenvalue weighted by atomic mass is 9.95. The summed E-state index contributed by atoms with van der Waals surface area (Å²) in [5.41, 5.74) is 0.712. The summed E-state index contributed by atoms with van der Waals surface area (Å²) in [7, 11) is 0. The van der Waals surface area contributed by atoms with Crippen molar-refractivity contribution < 1.29 is 38.7 Å². The smallest absolute Gasteiger partial charge is 0.246 e. The van der Waals surface area contributed by atoms with Crippen molar-refractivity contribution in [1.29, 1.82) is 0 Å². The molecule has 1 aromatic carbocycles. The largest absolute Gasteiger partial charge is 0.394 e. The Labute approximate surface area is 324 Å². The molecule has 7 amide bonds. The summed E-state index contributed by atoms with van der Waals surface area (Å²) in [6, 6.07) is 1.35. The van der Waals surface area contributed by atoms with Crippen LogP contribution in [0.3, 0.4) is 0 Å². The average Bonchev–Trinajstić information content (AvgIpc) is 3.87. The van der Waals surface area contributed by atoms with E-state index >= 15 is 0 Å². The van der Waals surface area contributed by atoms with Gasteiger partial charge in [0.2, 0.25) is 41.4 Å². The summed E-state index contributed by atoms with van der Waals surface area (Å²) in [6.07, 6.45) is 3.08. The van der Waals surface area contributed by atoms with Crippen LogP contribution < -0.4 is 26.6 Å². The topological polar surface area (TPSA) is 206 Å². The number of nitrogens with one attached hydrogen (secondary N) is 5. The molecule has 0 spiro atoms. The summed E-state index contributed by atoms with van der Waals surface area (Å²) in [6.45, 7) is 11.0. The SMILES string of the molecule is CC[C@@H](C)[C@H]1NC(=O)[C@@H]2CCCN2C(=O)[C@H](CC(C)C)NC(=O)[C@@H]([C@@H](C)CC)NC(=O)[C@H](Cc2ccccc2)NC(=O)[C@H](CO)NC(=O)[C@H]2CCCN2C1=O. The van der Waals surface area contributed by atoms with Crippen molar-refractivity contribution in [3.8, 4) is 0 Å². The van der Waals surface area contributed by atoms with Crippen LogP contribution in [0.5, 0.6) is 0 Å². The number of amides is 7. The predicted octanol–water partition coefficient (Wildman–Crippen LogP) is 0.779. The molecule has 3 heterocycles. The number of fused-ring (bicyclic) bond motifs is 2. The first-order valence-corrected chi connectivity index (χ1v) is 20.0. The van der Waals surface area contributed by atoms with E-state index in [1.165, 1.54) is 9.80 Å². The third kappa shape index (κ3) is 10.8. The molecule has 0 unspecified atom stereocenters. The van der Waals surface area contributed by atoms with Crippen LogP contribution >= 0.6 is 0 Å². The second kappa shape index (κ2) is 19.9. The summed E-state index contributed by atoms with van der Waals surface area (Å²) in [5.74, 6) is -4.81. The molecule has 0 radical (unpaired) electrons. The van der Waals surface area contributed by atoms with Crippen molar-refractivity contribution in [2.75, 3.05) is 19.7 Å². The second-order valence-corrected chi connectivity index (χ2v) is 15.8. The molecule has 55 heavy (non-hydrogen) atoms. The zero-order valence-corrected chi connectivity index (χ0v) is 33.1. The van der Waals surface area contributed by atoms with Crippen molar-refractivity contribution in [3.05, 3.63) is 35.9 Å². The van der Waals surface area contributed by atoms with Crippen LogP contribution in [0.15, 0.2) is 30.3 Å². The molecule has 9 atom stereocenters. The van der Waals surface area contributed by atoms with Crippen molar-refractivity contribution in [1.82, 2.24) is 36.4 Å². The van der Waals surface area contributed by atoms with E-state index in [0.29, 0.717) is 44.1 Å². The zero-order valence-electron chi connectivity index (χ0n) is 33.1. The molecule has 0 bridgehead atoms. The average molecular weight is 768 g/mol. The van der Waals surface area contributed by atoms with Gasteiger partial charge in [-0.2, -0.15) is 0 Å². The quantitative estimate of drug-likeness (QED) is 0.211. The van der Waals surface area contributed by atoms with E-state index in [9.17, 15) is 38.7 Å². The Morgan fingerprint density at radius 1 is 0.618 bits per heavy atom. The maximum atomic E-state index is 14.3. The van der Waals surface area contributed by atoms with Gasteiger partial charge < -0.3 is 41.5 Å². The monoisotopic (exact) mass is 767 g/mol. The van der Waals surface area contributed by atoms with Crippen LogP contribution in [-0.4, -0.2) is 118 Å². The first-order valence-electron chi connectivity index (χ1n) is 20.0. The first kappa shape index (κ1) is 43.2. The summed E-state index contributed by atoms with van der Waals surface area (Å²) >= 11 is 0. The normalized spacial score (nSPS) is 28.9. The van der Waals surface area contributed by atoms with Crippen molar-refractivity contribution >= 4 is 41.4 Å². The molecule has 3 fully saturated rings. The van der Waals surface area contributed by atoms with Crippen LogP contribution in [0, 0.1) is 17.8 Å². The van der Waals surface area contributed by atoms with Gasteiger partial charge in [-0.05, 0) is 55.4 Å². The van der Waals surface area contributed by atoms with Crippen LogP contribution in [-0.2, 0) is 40.0 Å². The molecule has 304 valence electrons. The van der Waals surface area contributed by atoms with E-state index in [1.54, 1.807) is 31.2 Å². The molecule has 0 aliphatic carbocycles. The first-order chi connectivity index (χ1) is 26.2. The van der Waals surface area contributed by atoms with E-state index in [2.05, 4.69) is 26.6 Å². The number of benzene rings is 1. The standard InChI is InChI=1S/C40H61N7O8/c1-7-24(5)32-38(53)42-28(20-23(3)4)39(54)46-18-12-17-31(46)37(52)45-33(25(6)8-2)40(55)47-19-13-16-30(47)36(51)43-29(22-48)35(50)41-27(34(49)44-32)21-26-14-10-9-11-15-26/h9-11,14-15,23-25,27-33,48H,7-8,12-13,16-22H2,1-6H3,(H,41,50)(H,42,53)(H,43,51)(H,44,49)(H,45,52)/t24-,25+,27-,28-,29-,30+,31-,32+,33+/m0/s1. The molecule has 6 N–H and O–H groups in total. The van der Waals surface area contributed by atoms with Gasteiger partial charge in [0.1, 0.15) is 42.3 Å². The number of hydrogen-bond donors (Lipinski definition) is 6. The lowest BCUT2D eigenvalue weighted by Crippen LogP contribution is -2.61. The third-order valence-corrected chi connectivity index (χ3v) is 11.3. The van der Waals surface area contributed by atoms with Crippen LogP contribution in [0.2, 0.25) is 0 Å². The Balaban J connectivity index is 1.78. The Morgan fingerprint density at radius 2 is 1.11 bits per heavy atom. The molecule has 4 rings (SSSR count). The molecular weight excluding hydrogens is 706 g/mol. The number of hydrogen-bond acceptors (Lipinski definition) is 8. The van der Waals surface area contributed by atoms with E-state index < -0.39 is 90.3 Å². The summed E-state index contributed by atoms with van der Waals surface area (Å²) in [4.78, 5) is 101. The van der Waals surface area contributed by atoms with Crippen LogP contribution in [0.4, 0.5) is 0 Å². The molecule has 15 nitrogen and oxygen atoms in total. The Bertz CT molecular complexity index is 1540. The Morgan fingerprint density at radius 3 is 1.67 bits per heavy atom. The molecule has 15 heteroatoms. The summed E-state index contributed by atoms with van der Waals surface area (Å²) < 4.78 is 0. The van der Waals surface area contributed by atoms with Gasteiger partial charge in [0.25, 0.3) is 0 Å². The number of aliphatic hydroxyl groups is 1. The van der Waals surface area contributed by atoms with Gasteiger partial charge in [-0.1, -0.05) is 84.7 Å². The minimum Gasteiger partial charge on any atom is -0.394 e. The highest BCUT2D eigenvalue weighted by atomic mass is 16.3. The number of nitrogens with zero attached hydrogens (tertiary/aromatic N) is 2. The summed E-state index contributed by atoms with van der Waals surface area (Å²) in [5, 5.41) is 24.2. The van der Waals surface area contributed by atoms with Gasteiger partial charge in [0.15, 0.2) is 0 Å². The van der Waals surface area contributed by atoms with Crippen molar-refractivity contribution in [3.63, 3.8) is 0 Å². The van der Waals surface area contributed by atoms with Gasteiger partial charge in [-0.3, -0.25) is 33.6 Å². The predicted molar refractivity (Wildman–Crippen MR) is 205 cm³/mol. The van der Waals surface area contributed by atoms with Gasteiger partial charge in [0.05, 0.1) is 6.61 Å². The maximum absolute atomic E-state index is 14.3. The van der Waals surface area contributed by atoms with Gasteiger partial charge in [-0.25, -0.2) is 0 Å². The van der Waals surface area contributed by atoms with Gasteiger partial charge in [0, 0.05) is 19.5 Å². The van der Waals surface area contributed by atoms with Crippen molar-refractivity contribution in [2.45, 2.75) is 135 Å². The molecular formula is C40H61N7O8. The Kier molecular flexibility index (Phi) is 15.6. The maximum Gasteiger partial charge on any atom is 0.246 e. The van der Waals surface area contributed by atoms with Gasteiger partial charge in [-0.15, -0.1) is 0 Å². The molecule has 0 saturated carbocycles. The highest BCUT2D eigenvalue weighted by Crippen LogP contribution is 2.25. The molecule has 3 saturated heterocycles. The minimum absolute atomic E-state index is 0.0164. The van der Waals surface area contributed by atoms with E-state index in [4.69, 9.17) is 0 Å². The zero-order chi connectivity index (χ0) is 40.4. The van der Waals surface area contributed by atoms with E-state index in [-0.39, 0.29) is 43.7 Å². The fraction of sp³-hybridized carbons (Fsp3) is 0.675. The van der Waals surface area contributed by atoms with E-state index in [1.807, 2.05) is 40.7 Å². The van der Waals surface area contributed by atoms with Crippen LogP contribution in [0.25, 0.3) is 0 Å².